The van der Waals surface area contributed by atoms with Crippen LogP contribution >= 0.6 is 24.0 Å². The highest BCUT2D eigenvalue weighted by Gasteiger charge is 2.33. The molecule has 28 heavy (non-hydrogen) atoms. The van der Waals surface area contributed by atoms with E-state index >= 15 is 0 Å². The minimum Gasteiger partial charge on any atom is -0.506 e. The number of nitrogens with zero attached hydrogens (tertiary/aromatic N) is 3. The summed E-state index contributed by atoms with van der Waals surface area (Å²) in [6.07, 6.45) is 1.76. The number of piperazine rings is 1. The average molecular weight is 504 g/mol. The highest BCUT2D eigenvalue weighted by atomic mass is 127. The van der Waals surface area contributed by atoms with Crippen molar-refractivity contribution in [2.45, 2.75) is 25.4 Å². The van der Waals surface area contributed by atoms with Crippen LogP contribution in [0.4, 0.5) is 5.69 Å². The molecule has 7 nitrogen and oxygen atoms in total. The van der Waals surface area contributed by atoms with Gasteiger partial charge in [-0.2, -0.15) is 0 Å². The van der Waals surface area contributed by atoms with Crippen LogP contribution in [0.5, 0.6) is 5.75 Å². The van der Waals surface area contributed by atoms with Gasteiger partial charge < -0.3 is 29.7 Å². The van der Waals surface area contributed by atoms with E-state index in [9.17, 15) is 5.11 Å². The Bertz CT molecular complexity index is 630. The number of aromatic hydroxyl groups is 1. The normalized spacial score (nSPS) is 19.9. The van der Waals surface area contributed by atoms with E-state index in [4.69, 9.17) is 14.5 Å². The van der Waals surface area contributed by atoms with Gasteiger partial charge in [0.1, 0.15) is 5.75 Å². The van der Waals surface area contributed by atoms with E-state index in [1.165, 1.54) is 0 Å². The number of para-hydroxylation sites is 2. The van der Waals surface area contributed by atoms with Gasteiger partial charge in [-0.25, -0.2) is 0 Å². The van der Waals surface area contributed by atoms with Gasteiger partial charge in [-0.1, -0.05) is 12.1 Å². The standard InChI is InChI=1S/C20H32N4O3.HI/c1-3-21-19(22-16-20(26-2)8-14-27-15-9-20)24-12-10-23(11-13-24)17-6-4-5-7-18(17)25;/h4-7,25H,3,8-16H2,1-2H3,(H,21,22);1H. The second-order valence-electron chi connectivity index (χ2n) is 7.13. The molecule has 0 radical (unpaired) electrons. The molecule has 2 aliphatic rings. The number of hydrogen-bond acceptors (Lipinski definition) is 5. The van der Waals surface area contributed by atoms with Gasteiger partial charge >= 0.3 is 0 Å². The lowest BCUT2D eigenvalue weighted by Gasteiger charge is -2.39. The molecule has 1 aromatic carbocycles. The van der Waals surface area contributed by atoms with Crippen molar-refractivity contribution in [3.05, 3.63) is 24.3 Å². The molecule has 0 aromatic heterocycles. The van der Waals surface area contributed by atoms with Crippen molar-refractivity contribution < 1.29 is 14.6 Å². The monoisotopic (exact) mass is 504 g/mol. The number of halogens is 1. The van der Waals surface area contributed by atoms with E-state index in [-0.39, 0.29) is 29.6 Å². The topological polar surface area (TPSA) is 69.6 Å². The van der Waals surface area contributed by atoms with Gasteiger partial charge in [-0.3, -0.25) is 4.99 Å². The summed E-state index contributed by atoms with van der Waals surface area (Å²) in [7, 11) is 1.78. The number of guanidine groups is 1. The van der Waals surface area contributed by atoms with E-state index in [2.05, 4.69) is 22.0 Å². The average Bonchev–Trinajstić information content (AvgIpc) is 2.72. The second kappa shape index (κ2) is 11.1. The third-order valence-corrected chi connectivity index (χ3v) is 5.49. The van der Waals surface area contributed by atoms with Gasteiger partial charge in [0.15, 0.2) is 5.96 Å². The van der Waals surface area contributed by atoms with E-state index in [1.807, 2.05) is 18.2 Å². The van der Waals surface area contributed by atoms with Crippen LogP contribution < -0.4 is 10.2 Å². The summed E-state index contributed by atoms with van der Waals surface area (Å²) in [6.45, 7) is 8.48. The maximum Gasteiger partial charge on any atom is 0.194 e. The first-order valence-corrected chi connectivity index (χ1v) is 9.86. The Balaban J connectivity index is 0.00000280. The zero-order chi connectivity index (χ0) is 19.1. The fraction of sp³-hybridized carbons (Fsp3) is 0.650. The number of phenolic OH excluding ortho intramolecular Hbond substituents is 1. The highest BCUT2D eigenvalue weighted by Crippen LogP contribution is 2.27. The molecule has 158 valence electrons. The number of aliphatic imine (C=N–C) groups is 1. The zero-order valence-corrected chi connectivity index (χ0v) is 19.2. The molecule has 3 rings (SSSR count). The Kier molecular flexibility index (Phi) is 9.10. The maximum absolute atomic E-state index is 10.1. The number of rotatable bonds is 5. The third-order valence-electron chi connectivity index (χ3n) is 5.49. The van der Waals surface area contributed by atoms with Crippen molar-refractivity contribution >= 4 is 35.6 Å². The fourth-order valence-electron chi connectivity index (χ4n) is 3.71. The van der Waals surface area contributed by atoms with Gasteiger partial charge in [0.2, 0.25) is 0 Å². The van der Waals surface area contributed by atoms with Crippen molar-refractivity contribution in [1.82, 2.24) is 10.2 Å². The van der Waals surface area contributed by atoms with Crippen LogP contribution in [-0.2, 0) is 9.47 Å². The number of methoxy groups -OCH3 is 1. The molecule has 2 aliphatic heterocycles. The van der Waals surface area contributed by atoms with Crippen LogP contribution in [0.1, 0.15) is 19.8 Å². The first-order valence-electron chi connectivity index (χ1n) is 9.86. The number of hydrogen-bond donors (Lipinski definition) is 2. The third kappa shape index (κ3) is 5.64. The minimum atomic E-state index is -0.212. The van der Waals surface area contributed by atoms with Crippen LogP contribution in [-0.4, -0.2) is 81.2 Å². The summed E-state index contributed by atoms with van der Waals surface area (Å²) < 4.78 is 11.3. The summed E-state index contributed by atoms with van der Waals surface area (Å²) in [4.78, 5) is 9.42. The van der Waals surface area contributed by atoms with Gasteiger partial charge in [0, 0.05) is 65.9 Å². The van der Waals surface area contributed by atoms with E-state index < -0.39 is 0 Å². The Morgan fingerprint density at radius 1 is 1.21 bits per heavy atom. The molecule has 0 amide bonds. The molecule has 2 N–H and O–H groups in total. The number of nitrogens with one attached hydrogen (secondary N) is 1. The molecule has 0 unspecified atom stereocenters. The van der Waals surface area contributed by atoms with E-state index in [1.54, 1.807) is 13.2 Å². The Hall–Kier alpha value is -1.26. The Labute approximate surface area is 185 Å². The molecule has 1 aromatic rings. The predicted molar refractivity (Wildman–Crippen MR) is 123 cm³/mol. The first-order chi connectivity index (χ1) is 13.2. The number of benzene rings is 1. The first kappa shape index (κ1) is 23.0. The molecule has 2 fully saturated rings. The SMILES string of the molecule is CCNC(=NCC1(OC)CCOCC1)N1CCN(c2ccccc2O)CC1.I. The summed E-state index contributed by atoms with van der Waals surface area (Å²) >= 11 is 0. The van der Waals surface area contributed by atoms with Crippen LogP contribution in [0.25, 0.3) is 0 Å². The van der Waals surface area contributed by atoms with Crippen molar-refractivity contribution in [3.8, 4) is 5.75 Å². The number of ether oxygens (including phenoxy) is 2. The predicted octanol–water partition coefficient (Wildman–Crippen LogP) is 2.29. The van der Waals surface area contributed by atoms with Crippen molar-refractivity contribution in [2.24, 2.45) is 4.99 Å². The van der Waals surface area contributed by atoms with Gasteiger partial charge in [0.25, 0.3) is 0 Å². The van der Waals surface area contributed by atoms with Crippen LogP contribution in [0, 0.1) is 0 Å². The second-order valence-corrected chi connectivity index (χ2v) is 7.13. The number of anilines is 1. The summed E-state index contributed by atoms with van der Waals surface area (Å²) in [5.41, 5.74) is 0.691. The van der Waals surface area contributed by atoms with Crippen LogP contribution in [0.2, 0.25) is 0 Å². The van der Waals surface area contributed by atoms with Crippen molar-refractivity contribution in [1.29, 1.82) is 0 Å². The molecule has 0 atom stereocenters. The summed E-state index contributed by atoms with van der Waals surface area (Å²) in [5.74, 6) is 1.28. The number of phenols is 1. The lowest BCUT2D eigenvalue weighted by molar-refractivity contribution is -0.0829. The van der Waals surface area contributed by atoms with Crippen molar-refractivity contribution in [3.63, 3.8) is 0 Å². The molecule has 0 aliphatic carbocycles. The molecule has 0 spiro atoms. The smallest absolute Gasteiger partial charge is 0.194 e. The summed E-state index contributed by atoms with van der Waals surface area (Å²) in [5, 5.41) is 13.5. The molecular weight excluding hydrogens is 471 g/mol. The quantitative estimate of drug-likeness (QED) is 0.365. The maximum atomic E-state index is 10.1. The van der Waals surface area contributed by atoms with Gasteiger partial charge in [-0.15, -0.1) is 24.0 Å². The molecule has 8 heteroatoms. The Morgan fingerprint density at radius 3 is 2.50 bits per heavy atom. The molecule has 0 saturated carbocycles. The minimum absolute atomic E-state index is 0. The molecular formula is C20H33IN4O3. The molecule has 2 heterocycles. The Morgan fingerprint density at radius 2 is 1.89 bits per heavy atom. The zero-order valence-electron chi connectivity index (χ0n) is 16.9. The van der Waals surface area contributed by atoms with Gasteiger partial charge in [-0.05, 0) is 19.1 Å². The fourth-order valence-corrected chi connectivity index (χ4v) is 3.71. The van der Waals surface area contributed by atoms with Crippen LogP contribution in [0.3, 0.4) is 0 Å². The van der Waals surface area contributed by atoms with Crippen molar-refractivity contribution in [2.75, 3.05) is 64.5 Å². The van der Waals surface area contributed by atoms with Crippen LogP contribution in [0.15, 0.2) is 29.3 Å². The lowest BCUT2D eigenvalue weighted by atomic mass is 9.94. The van der Waals surface area contributed by atoms with E-state index in [0.717, 1.165) is 70.4 Å². The lowest BCUT2D eigenvalue weighted by Crippen LogP contribution is -2.53. The summed E-state index contributed by atoms with van der Waals surface area (Å²) in [6, 6.07) is 7.53. The largest absolute Gasteiger partial charge is 0.506 e. The van der Waals surface area contributed by atoms with E-state index in [0.29, 0.717) is 12.3 Å². The van der Waals surface area contributed by atoms with Gasteiger partial charge in [0.05, 0.1) is 17.8 Å². The molecule has 0 bridgehead atoms. The highest BCUT2D eigenvalue weighted by molar-refractivity contribution is 14.0. The molecule has 2 saturated heterocycles.